The van der Waals surface area contributed by atoms with Crippen LogP contribution in [0.1, 0.15) is 17.0 Å². The predicted molar refractivity (Wildman–Crippen MR) is 112 cm³/mol. The van der Waals surface area contributed by atoms with Crippen molar-refractivity contribution in [2.45, 2.75) is 19.9 Å². The van der Waals surface area contributed by atoms with Crippen LogP contribution in [-0.4, -0.2) is 30.4 Å². The van der Waals surface area contributed by atoms with Gasteiger partial charge in [0.25, 0.3) is 0 Å². The maximum atomic E-state index is 5.43. The van der Waals surface area contributed by atoms with Crippen LogP contribution in [0.15, 0.2) is 48.5 Å². The first-order valence-corrected chi connectivity index (χ1v) is 9.55. The van der Waals surface area contributed by atoms with E-state index in [9.17, 15) is 0 Å². The van der Waals surface area contributed by atoms with Crippen LogP contribution in [0.25, 0.3) is 0 Å². The Morgan fingerprint density at radius 3 is 2.62 bits per heavy atom. The molecule has 29 heavy (non-hydrogen) atoms. The van der Waals surface area contributed by atoms with Gasteiger partial charge in [0.2, 0.25) is 6.79 Å². The van der Waals surface area contributed by atoms with E-state index in [1.807, 2.05) is 49.4 Å². The molecular weight excluding hydrogens is 368 g/mol. The van der Waals surface area contributed by atoms with E-state index in [0.29, 0.717) is 12.4 Å². The molecule has 150 valence electrons. The summed E-state index contributed by atoms with van der Waals surface area (Å²) in [7, 11) is 1.69. The molecule has 2 heterocycles. The van der Waals surface area contributed by atoms with Crippen molar-refractivity contribution < 1.29 is 14.2 Å². The van der Waals surface area contributed by atoms with Crippen molar-refractivity contribution in [2.24, 2.45) is 0 Å². The molecule has 1 aromatic heterocycles. The van der Waals surface area contributed by atoms with E-state index in [0.717, 1.165) is 53.0 Å². The smallest absolute Gasteiger partial charge is 0.231 e. The van der Waals surface area contributed by atoms with Crippen LogP contribution in [0.3, 0.4) is 0 Å². The third kappa shape index (κ3) is 4.68. The van der Waals surface area contributed by atoms with Crippen molar-refractivity contribution in [2.75, 3.05) is 31.1 Å². The summed E-state index contributed by atoms with van der Waals surface area (Å²) in [5.74, 6) is 4.74. The van der Waals surface area contributed by atoms with Crippen LogP contribution in [0, 0.1) is 6.92 Å². The number of hydrogen-bond acceptors (Lipinski definition) is 7. The number of para-hydroxylation sites is 1. The summed E-state index contributed by atoms with van der Waals surface area (Å²) in [5, 5.41) is 6.73. The summed E-state index contributed by atoms with van der Waals surface area (Å²) in [6.07, 6.45) is 0.840. The van der Waals surface area contributed by atoms with Gasteiger partial charge in [0.15, 0.2) is 11.5 Å². The maximum absolute atomic E-state index is 5.43. The fourth-order valence-corrected chi connectivity index (χ4v) is 3.23. The van der Waals surface area contributed by atoms with Crippen molar-refractivity contribution in [1.82, 2.24) is 9.97 Å². The Kier molecular flexibility index (Phi) is 5.65. The zero-order valence-corrected chi connectivity index (χ0v) is 16.6. The van der Waals surface area contributed by atoms with Crippen molar-refractivity contribution >= 4 is 11.6 Å². The van der Waals surface area contributed by atoms with Gasteiger partial charge in [-0.05, 0) is 42.7 Å². The Labute approximate surface area is 170 Å². The highest BCUT2D eigenvalue weighted by atomic mass is 16.7. The summed E-state index contributed by atoms with van der Waals surface area (Å²) < 4.78 is 16.2. The minimum atomic E-state index is 0.279. The quantitative estimate of drug-likeness (QED) is 0.604. The second kappa shape index (κ2) is 8.68. The Balaban J connectivity index is 1.36. The highest BCUT2D eigenvalue weighted by molar-refractivity contribution is 5.49. The Bertz CT molecular complexity index is 994. The predicted octanol–water partition coefficient (Wildman–Crippen LogP) is 3.79. The van der Waals surface area contributed by atoms with E-state index in [1.54, 1.807) is 7.11 Å². The minimum absolute atomic E-state index is 0.279. The van der Waals surface area contributed by atoms with Gasteiger partial charge in [-0.25, -0.2) is 9.97 Å². The molecule has 1 aliphatic heterocycles. The molecule has 4 rings (SSSR count). The van der Waals surface area contributed by atoms with Crippen LogP contribution in [0.2, 0.25) is 0 Å². The summed E-state index contributed by atoms with van der Waals surface area (Å²) in [6.45, 7) is 3.55. The standard InChI is InChI=1S/C22H24N4O3/c1-15-25-21(23-10-9-17-5-3-4-6-18(17)27-2)12-22(26-15)24-13-16-7-8-19-20(11-16)29-14-28-19/h3-8,11-12H,9-10,13-14H2,1-2H3,(H2,23,24,25,26). The van der Waals surface area contributed by atoms with E-state index < -0.39 is 0 Å². The van der Waals surface area contributed by atoms with Gasteiger partial charge in [-0.2, -0.15) is 0 Å². The highest BCUT2D eigenvalue weighted by Gasteiger charge is 2.13. The molecule has 0 saturated carbocycles. The average molecular weight is 392 g/mol. The molecule has 7 nitrogen and oxygen atoms in total. The normalized spacial score (nSPS) is 11.9. The molecule has 0 unspecified atom stereocenters. The molecule has 0 aliphatic carbocycles. The molecule has 0 fully saturated rings. The number of rotatable bonds is 8. The van der Waals surface area contributed by atoms with Crippen molar-refractivity contribution in [1.29, 1.82) is 0 Å². The summed E-state index contributed by atoms with van der Waals surface area (Å²) in [6, 6.07) is 15.9. The second-order valence-corrected chi connectivity index (χ2v) is 6.72. The summed E-state index contributed by atoms with van der Waals surface area (Å²) >= 11 is 0. The van der Waals surface area contributed by atoms with Gasteiger partial charge in [0.05, 0.1) is 7.11 Å². The van der Waals surface area contributed by atoms with Gasteiger partial charge >= 0.3 is 0 Å². The van der Waals surface area contributed by atoms with Gasteiger partial charge in [0.1, 0.15) is 23.2 Å². The van der Waals surface area contributed by atoms with Gasteiger partial charge in [0, 0.05) is 19.2 Å². The number of aryl methyl sites for hydroxylation is 1. The molecule has 1 aliphatic rings. The third-order valence-corrected chi connectivity index (χ3v) is 4.64. The Hall–Kier alpha value is -3.48. The monoisotopic (exact) mass is 392 g/mol. The van der Waals surface area contributed by atoms with Crippen molar-refractivity contribution in [3.8, 4) is 17.2 Å². The summed E-state index contributed by atoms with van der Waals surface area (Å²) in [4.78, 5) is 8.96. The van der Waals surface area contributed by atoms with Crippen LogP contribution in [0.5, 0.6) is 17.2 Å². The lowest BCUT2D eigenvalue weighted by atomic mass is 10.1. The zero-order valence-electron chi connectivity index (χ0n) is 16.6. The van der Waals surface area contributed by atoms with Crippen LogP contribution in [-0.2, 0) is 13.0 Å². The number of hydrogen-bond donors (Lipinski definition) is 2. The third-order valence-electron chi connectivity index (χ3n) is 4.64. The number of aromatic nitrogens is 2. The lowest BCUT2D eigenvalue weighted by Gasteiger charge is -2.12. The molecule has 0 spiro atoms. The molecule has 0 saturated heterocycles. The zero-order chi connectivity index (χ0) is 20.1. The molecule has 0 radical (unpaired) electrons. The van der Waals surface area contributed by atoms with E-state index in [-0.39, 0.29) is 6.79 Å². The van der Waals surface area contributed by atoms with Gasteiger partial charge in [-0.3, -0.25) is 0 Å². The van der Waals surface area contributed by atoms with Crippen molar-refractivity contribution in [3.63, 3.8) is 0 Å². The SMILES string of the molecule is COc1ccccc1CCNc1cc(NCc2ccc3c(c2)OCO3)nc(C)n1. The van der Waals surface area contributed by atoms with Crippen molar-refractivity contribution in [3.05, 3.63) is 65.5 Å². The highest BCUT2D eigenvalue weighted by Crippen LogP contribution is 2.32. The number of ether oxygens (including phenoxy) is 3. The lowest BCUT2D eigenvalue weighted by Crippen LogP contribution is -2.10. The number of anilines is 2. The fraction of sp³-hybridized carbons (Fsp3) is 0.273. The molecule has 0 amide bonds. The number of methoxy groups -OCH3 is 1. The molecular formula is C22H24N4O3. The Morgan fingerprint density at radius 2 is 1.76 bits per heavy atom. The molecule has 7 heteroatoms. The average Bonchev–Trinajstić information content (AvgIpc) is 3.20. The lowest BCUT2D eigenvalue weighted by molar-refractivity contribution is 0.174. The van der Waals surface area contributed by atoms with Gasteiger partial charge in [-0.15, -0.1) is 0 Å². The number of nitrogens with one attached hydrogen (secondary N) is 2. The summed E-state index contributed by atoms with van der Waals surface area (Å²) in [5.41, 5.74) is 2.26. The minimum Gasteiger partial charge on any atom is -0.496 e. The van der Waals surface area contributed by atoms with E-state index >= 15 is 0 Å². The molecule has 0 atom stereocenters. The topological polar surface area (TPSA) is 77.5 Å². The van der Waals surface area contributed by atoms with Crippen LogP contribution < -0.4 is 24.8 Å². The Morgan fingerprint density at radius 1 is 0.966 bits per heavy atom. The van der Waals surface area contributed by atoms with Crippen LogP contribution in [0.4, 0.5) is 11.6 Å². The van der Waals surface area contributed by atoms with E-state index in [4.69, 9.17) is 14.2 Å². The molecule has 2 N–H and O–H groups in total. The first-order chi connectivity index (χ1) is 14.2. The first-order valence-electron chi connectivity index (χ1n) is 9.55. The van der Waals surface area contributed by atoms with Crippen LogP contribution >= 0.6 is 0 Å². The second-order valence-electron chi connectivity index (χ2n) is 6.72. The number of fused-ring (bicyclic) bond motifs is 1. The number of nitrogens with zero attached hydrogens (tertiary/aromatic N) is 2. The largest absolute Gasteiger partial charge is 0.496 e. The number of benzene rings is 2. The molecule has 0 bridgehead atoms. The maximum Gasteiger partial charge on any atom is 0.231 e. The van der Waals surface area contributed by atoms with Gasteiger partial charge < -0.3 is 24.8 Å². The van der Waals surface area contributed by atoms with E-state index in [2.05, 4.69) is 26.7 Å². The fourth-order valence-electron chi connectivity index (χ4n) is 3.23. The molecule has 2 aromatic carbocycles. The first kappa shape index (κ1) is 18.9. The van der Waals surface area contributed by atoms with Gasteiger partial charge in [-0.1, -0.05) is 24.3 Å². The van der Waals surface area contributed by atoms with E-state index in [1.165, 1.54) is 0 Å². The molecule has 3 aromatic rings.